The molecule has 16 heavy (non-hydrogen) atoms. The second-order valence-electron chi connectivity index (χ2n) is 3.63. The molecule has 1 unspecified atom stereocenters. The molecular weight excluding hydrogens is 210 g/mol. The first-order chi connectivity index (χ1) is 7.68. The van der Waals surface area contributed by atoms with Crippen LogP contribution < -0.4 is 5.56 Å². The normalized spacial score (nSPS) is 20.8. The Morgan fingerprint density at radius 2 is 2.44 bits per heavy atom. The Morgan fingerprint density at radius 3 is 3.06 bits per heavy atom. The summed E-state index contributed by atoms with van der Waals surface area (Å²) in [5.74, 6) is -0.219. The van der Waals surface area contributed by atoms with E-state index in [2.05, 4.69) is 10.2 Å². The van der Waals surface area contributed by atoms with E-state index >= 15 is 0 Å². The Morgan fingerprint density at radius 1 is 1.62 bits per heavy atom. The minimum Gasteiger partial charge on any atom is -0.359 e. The molecule has 1 aliphatic heterocycles. The lowest BCUT2D eigenvalue weighted by molar-refractivity contribution is -0.0663. The Labute approximate surface area is 92.2 Å². The van der Waals surface area contributed by atoms with Crippen LogP contribution in [-0.2, 0) is 4.74 Å². The molecule has 2 rings (SSSR count). The SMILES string of the molecule is CC1OCCCN1C(=O)c1ccc(=O)[nH]n1. The van der Waals surface area contributed by atoms with Gasteiger partial charge in [0.05, 0.1) is 6.61 Å². The quantitative estimate of drug-likeness (QED) is 0.726. The van der Waals surface area contributed by atoms with Crippen LogP contribution in [0.25, 0.3) is 0 Å². The van der Waals surface area contributed by atoms with Gasteiger partial charge >= 0.3 is 0 Å². The number of nitrogens with zero attached hydrogens (tertiary/aromatic N) is 2. The number of H-pyrrole nitrogens is 1. The molecule has 1 atom stereocenters. The largest absolute Gasteiger partial charge is 0.359 e. The predicted octanol–water partition coefficient (Wildman–Crippen LogP) is -0.0216. The van der Waals surface area contributed by atoms with Crippen molar-refractivity contribution in [3.8, 4) is 0 Å². The summed E-state index contributed by atoms with van der Waals surface area (Å²) < 4.78 is 5.36. The number of amides is 1. The van der Waals surface area contributed by atoms with Gasteiger partial charge in [-0.05, 0) is 19.4 Å². The maximum Gasteiger partial charge on any atom is 0.276 e. The highest BCUT2D eigenvalue weighted by Gasteiger charge is 2.25. The van der Waals surface area contributed by atoms with Crippen LogP contribution in [0.15, 0.2) is 16.9 Å². The Bertz CT molecular complexity index is 423. The van der Waals surface area contributed by atoms with E-state index in [1.54, 1.807) is 4.90 Å². The van der Waals surface area contributed by atoms with Crippen molar-refractivity contribution >= 4 is 5.91 Å². The third-order valence-electron chi connectivity index (χ3n) is 2.50. The van der Waals surface area contributed by atoms with E-state index in [-0.39, 0.29) is 23.4 Å². The number of rotatable bonds is 1. The number of aromatic nitrogens is 2. The van der Waals surface area contributed by atoms with E-state index in [9.17, 15) is 9.59 Å². The van der Waals surface area contributed by atoms with Gasteiger partial charge in [0.1, 0.15) is 11.9 Å². The highest BCUT2D eigenvalue weighted by molar-refractivity contribution is 5.92. The molecule has 1 saturated heterocycles. The Kier molecular flexibility index (Phi) is 3.00. The summed E-state index contributed by atoms with van der Waals surface area (Å²) >= 11 is 0. The molecule has 1 aromatic heterocycles. The number of carbonyl (C=O) groups excluding carboxylic acids is 1. The number of hydrogen-bond donors (Lipinski definition) is 1. The summed E-state index contributed by atoms with van der Waals surface area (Å²) in [5.41, 5.74) is -0.0866. The molecule has 6 nitrogen and oxygen atoms in total. The molecule has 0 radical (unpaired) electrons. The molecule has 1 aliphatic rings. The fourth-order valence-electron chi connectivity index (χ4n) is 1.64. The molecule has 0 saturated carbocycles. The molecule has 2 heterocycles. The third kappa shape index (κ3) is 2.11. The minimum absolute atomic E-state index is 0.219. The molecule has 0 spiro atoms. The Balaban J connectivity index is 2.17. The lowest BCUT2D eigenvalue weighted by atomic mass is 10.2. The van der Waals surface area contributed by atoms with Gasteiger partial charge in [0.2, 0.25) is 0 Å². The van der Waals surface area contributed by atoms with Crippen LogP contribution >= 0.6 is 0 Å². The summed E-state index contributed by atoms with van der Waals surface area (Å²) in [6.45, 7) is 3.15. The van der Waals surface area contributed by atoms with E-state index in [4.69, 9.17) is 4.74 Å². The number of aromatic amines is 1. The molecule has 86 valence electrons. The molecule has 0 bridgehead atoms. The van der Waals surface area contributed by atoms with Gasteiger partial charge in [0.15, 0.2) is 0 Å². The maximum atomic E-state index is 12.0. The first-order valence-electron chi connectivity index (χ1n) is 5.17. The van der Waals surface area contributed by atoms with Crippen molar-refractivity contribution in [3.05, 3.63) is 28.2 Å². The van der Waals surface area contributed by atoms with Gasteiger partial charge in [0, 0.05) is 12.6 Å². The molecular formula is C10H13N3O3. The van der Waals surface area contributed by atoms with Crippen LogP contribution in [0.1, 0.15) is 23.8 Å². The van der Waals surface area contributed by atoms with Crippen molar-refractivity contribution in [2.75, 3.05) is 13.2 Å². The second kappa shape index (κ2) is 4.44. The zero-order chi connectivity index (χ0) is 11.5. The van der Waals surface area contributed by atoms with Crippen LogP contribution in [0.3, 0.4) is 0 Å². The van der Waals surface area contributed by atoms with E-state index in [1.807, 2.05) is 6.92 Å². The third-order valence-corrected chi connectivity index (χ3v) is 2.50. The number of ether oxygens (including phenoxy) is 1. The predicted molar refractivity (Wildman–Crippen MR) is 55.9 cm³/mol. The number of carbonyl (C=O) groups is 1. The van der Waals surface area contributed by atoms with Crippen molar-refractivity contribution < 1.29 is 9.53 Å². The van der Waals surface area contributed by atoms with Crippen molar-refractivity contribution in [2.24, 2.45) is 0 Å². The van der Waals surface area contributed by atoms with Crippen LogP contribution in [0.2, 0.25) is 0 Å². The summed E-state index contributed by atoms with van der Waals surface area (Å²) in [7, 11) is 0. The Hall–Kier alpha value is -1.69. The number of hydrogen-bond acceptors (Lipinski definition) is 4. The van der Waals surface area contributed by atoms with Crippen LogP contribution in [0.4, 0.5) is 0 Å². The summed E-state index contributed by atoms with van der Waals surface area (Å²) in [6, 6.07) is 2.71. The molecule has 0 aliphatic carbocycles. The molecule has 1 aromatic rings. The summed E-state index contributed by atoms with van der Waals surface area (Å²) in [6.07, 6.45) is 0.578. The van der Waals surface area contributed by atoms with Crippen LogP contribution in [0.5, 0.6) is 0 Å². The van der Waals surface area contributed by atoms with Gasteiger partial charge in [0.25, 0.3) is 11.5 Å². The topological polar surface area (TPSA) is 75.3 Å². The van der Waals surface area contributed by atoms with Crippen molar-refractivity contribution in [2.45, 2.75) is 19.6 Å². The molecule has 1 amide bonds. The summed E-state index contributed by atoms with van der Waals surface area (Å²) in [5, 5.41) is 5.94. The van der Waals surface area contributed by atoms with Crippen molar-refractivity contribution in [3.63, 3.8) is 0 Å². The van der Waals surface area contributed by atoms with Crippen molar-refractivity contribution in [1.29, 1.82) is 0 Å². The lowest BCUT2D eigenvalue weighted by Gasteiger charge is -2.32. The standard InChI is InChI=1S/C10H13N3O3/c1-7-13(5-2-6-16-7)10(15)8-3-4-9(14)12-11-8/h3-4,7H,2,5-6H2,1H3,(H,12,14). The minimum atomic E-state index is -0.320. The van der Waals surface area contributed by atoms with Gasteiger partial charge in [-0.1, -0.05) is 0 Å². The fraction of sp³-hybridized carbons (Fsp3) is 0.500. The van der Waals surface area contributed by atoms with Gasteiger partial charge < -0.3 is 9.64 Å². The van der Waals surface area contributed by atoms with Gasteiger partial charge in [-0.2, -0.15) is 5.10 Å². The van der Waals surface area contributed by atoms with Gasteiger partial charge in [-0.3, -0.25) is 9.59 Å². The lowest BCUT2D eigenvalue weighted by Crippen LogP contribution is -2.45. The van der Waals surface area contributed by atoms with Crippen LogP contribution in [-0.4, -0.2) is 40.4 Å². The van der Waals surface area contributed by atoms with Gasteiger partial charge in [-0.15, -0.1) is 0 Å². The van der Waals surface area contributed by atoms with Crippen LogP contribution in [0, 0.1) is 0 Å². The molecule has 1 fully saturated rings. The average molecular weight is 223 g/mol. The van der Waals surface area contributed by atoms with E-state index in [1.165, 1.54) is 12.1 Å². The summed E-state index contributed by atoms with van der Waals surface area (Å²) in [4.78, 5) is 24.4. The zero-order valence-corrected chi connectivity index (χ0v) is 8.97. The van der Waals surface area contributed by atoms with E-state index < -0.39 is 0 Å². The zero-order valence-electron chi connectivity index (χ0n) is 8.97. The fourth-order valence-corrected chi connectivity index (χ4v) is 1.64. The first-order valence-corrected chi connectivity index (χ1v) is 5.17. The second-order valence-corrected chi connectivity index (χ2v) is 3.63. The van der Waals surface area contributed by atoms with Gasteiger partial charge in [-0.25, -0.2) is 5.10 Å². The molecule has 6 heteroatoms. The maximum absolute atomic E-state index is 12.0. The number of nitrogens with one attached hydrogen (secondary N) is 1. The molecule has 0 aromatic carbocycles. The smallest absolute Gasteiger partial charge is 0.276 e. The van der Waals surface area contributed by atoms with E-state index in [0.717, 1.165) is 6.42 Å². The highest BCUT2D eigenvalue weighted by atomic mass is 16.5. The average Bonchev–Trinajstić information content (AvgIpc) is 2.30. The molecule has 1 N–H and O–H groups in total. The monoisotopic (exact) mass is 223 g/mol. The van der Waals surface area contributed by atoms with E-state index in [0.29, 0.717) is 13.2 Å². The van der Waals surface area contributed by atoms with Crippen molar-refractivity contribution in [1.82, 2.24) is 15.1 Å². The first kappa shape index (κ1) is 10.8. The highest BCUT2D eigenvalue weighted by Crippen LogP contribution is 2.12.